The first-order valence-corrected chi connectivity index (χ1v) is 13.0. The van der Waals surface area contributed by atoms with Crippen molar-refractivity contribution in [1.82, 2.24) is 0 Å². The summed E-state index contributed by atoms with van der Waals surface area (Å²) in [6, 6.07) is 28.7. The van der Waals surface area contributed by atoms with E-state index >= 15 is 0 Å². The van der Waals surface area contributed by atoms with Crippen LogP contribution in [0.2, 0.25) is 0 Å². The van der Waals surface area contributed by atoms with Crippen molar-refractivity contribution in [3.63, 3.8) is 0 Å². The van der Waals surface area contributed by atoms with Crippen LogP contribution in [0, 0.1) is 5.41 Å². The van der Waals surface area contributed by atoms with E-state index in [1.54, 1.807) is 0 Å². The van der Waals surface area contributed by atoms with Gasteiger partial charge in [0.05, 0.1) is 12.7 Å². The Hall–Kier alpha value is -3.36. The molecule has 0 bridgehead atoms. The molecule has 2 unspecified atom stereocenters. The summed E-state index contributed by atoms with van der Waals surface area (Å²) in [5.41, 5.74) is 5.08. The first-order valence-electron chi connectivity index (χ1n) is 13.0. The second-order valence-electron chi connectivity index (χ2n) is 10.3. The quantitative estimate of drug-likeness (QED) is 0.202. The molecule has 0 saturated carbocycles. The van der Waals surface area contributed by atoms with E-state index in [4.69, 9.17) is 9.47 Å². The summed E-state index contributed by atoms with van der Waals surface area (Å²) in [6.45, 7) is 11.6. The molecule has 1 aliphatic heterocycles. The number of aryl methyl sites for hydroxylation is 1. The number of allylic oxidation sites excluding steroid dienone is 1. The SMILES string of the molecule is C=C(CCc1ccc(OC(=C)c2ccccc2)cc1)CCC1(C)CCC(/C=C/c2ccccc2)OC1. The lowest BCUT2D eigenvalue weighted by molar-refractivity contribution is -0.0366. The molecule has 0 N–H and O–H groups in total. The average Bonchev–Trinajstić information content (AvgIpc) is 2.92. The Balaban J connectivity index is 1.16. The van der Waals surface area contributed by atoms with Gasteiger partial charge in [-0.1, -0.05) is 111 Å². The minimum absolute atomic E-state index is 0.221. The highest BCUT2D eigenvalue weighted by Crippen LogP contribution is 2.37. The maximum Gasteiger partial charge on any atom is 0.127 e. The van der Waals surface area contributed by atoms with Crippen molar-refractivity contribution in [1.29, 1.82) is 0 Å². The highest BCUT2D eigenvalue weighted by Gasteiger charge is 2.30. The van der Waals surface area contributed by atoms with Crippen LogP contribution in [0.15, 0.2) is 110 Å². The van der Waals surface area contributed by atoms with Gasteiger partial charge in [0.1, 0.15) is 11.5 Å². The Kier molecular flexibility index (Phi) is 8.97. The van der Waals surface area contributed by atoms with Gasteiger partial charge in [-0.25, -0.2) is 0 Å². The fraction of sp³-hybridized carbons (Fsp3) is 0.294. The normalized spacial score (nSPS) is 19.8. The van der Waals surface area contributed by atoms with Crippen molar-refractivity contribution in [2.24, 2.45) is 5.41 Å². The lowest BCUT2D eigenvalue weighted by atomic mass is 9.78. The molecule has 3 aromatic carbocycles. The van der Waals surface area contributed by atoms with E-state index in [9.17, 15) is 0 Å². The molecule has 1 aliphatic rings. The van der Waals surface area contributed by atoms with Gasteiger partial charge in [-0.05, 0) is 67.2 Å². The second kappa shape index (κ2) is 12.6. The third-order valence-electron chi connectivity index (χ3n) is 7.09. The van der Waals surface area contributed by atoms with Crippen LogP contribution in [0.1, 0.15) is 55.7 Å². The van der Waals surface area contributed by atoms with Crippen LogP contribution in [-0.4, -0.2) is 12.7 Å². The first-order chi connectivity index (χ1) is 17.5. The average molecular weight is 479 g/mol. The van der Waals surface area contributed by atoms with E-state index in [1.165, 1.54) is 23.1 Å². The molecule has 186 valence electrons. The molecular formula is C34H38O2. The van der Waals surface area contributed by atoms with Gasteiger partial charge in [0, 0.05) is 5.56 Å². The zero-order valence-corrected chi connectivity index (χ0v) is 21.5. The van der Waals surface area contributed by atoms with Gasteiger partial charge in [0.15, 0.2) is 0 Å². The summed E-state index contributed by atoms with van der Waals surface area (Å²) in [7, 11) is 0. The monoisotopic (exact) mass is 478 g/mol. The number of hydrogen-bond donors (Lipinski definition) is 0. The third-order valence-corrected chi connectivity index (χ3v) is 7.09. The fourth-order valence-electron chi connectivity index (χ4n) is 4.56. The van der Waals surface area contributed by atoms with E-state index in [0.29, 0.717) is 5.76 Å². The summed E-state index contributed by atoms with van der Waals surface area (Å²) in [4.78, 5) is 0. The fourth-order valence-corrected chi connectivity index (χ4v) is 4.56. The van der Waals surface area contributed by atoms with Crippen LogP contribution < -0.4 is 4.74 Å². The molecule has 2 atom stereocenters. The Morgan fingerprint density at radius 2 is 1.64 bits per heavy atom. The predicted octanol–water partition coefficient (Wildman–Crippen LogP) is 8.90. The molecule has 2 nitrogen and oxygen atoms in total. The molecule has 0 radical (unpaired) electrons. The molecular weight excluding hydrogens is 440 g/mol. The zero-order valence-electron chi connectivity index (χ0n) is 21.5. The smallest absolute Gasteiger partial charge is 0.127 e. The highest BCUT2D eigenvalue weighted by molar-refractivity contribution is 5.59. The van der Waals surface area contributed by atoms with E-state index in [0.717, 1.165) is 50.0 Å². The zero-order chi connectivity index (χ0) is 25.2. The van der Waals surface area contributed by atoms with Crippen LogP contribution in [0.4, 0.5) is 0 Å². The molecule has 0 aliphatic carbocycles. The molecule has 36 heavy (non-hydrogen) atoms. The lowest BCUT2D eigenvalue weighted by Gasteiger charge is -2.37. The molecule has 3 aromatic rings. The van der Waals surface area contributed by atoms with Crippen LogP contribution in [0.5, 0.6) is 5.75 Å². The number of benzene rings is 3. The maximum atomic E-state index is 6.21. The molecule has 4 rings (SSSR count). The van der Waals surface area contributed by atoms with Crippen LogP contribution in [0.25, 0.3) is 11.8 Å². The Labute approximate surface area is 217 Å². The van der Waals surface area contributed by atoms with Crippen LogP contribution in [-0.2, 0) is 11.2 Å². The molecule has 0 amide bonds. The van der Waals surface area contributed by atoms with Crippen molar-refractivity contribution in [3.8, 4) is 5.75 Å². The summed E-state index contributed by atoms with van der Waals surface area (Å²) < 4.78 is 12.1. The number of rotatable bonds is 11. The number of ether oxygens (including phenoxy) is 2. The molecule has 0 spiro atoms. The van der Waals surface area contributed by atoms with Gasteiger partial charge in [0.25, 0.3) is 0 Å². The van der Waals surface area contributed by atoms with Crippen molar-refractivity contribution in [2.75, 3.05) is 6.61 Å². The summed E-state index contributed by atoms with van der Waals surface area (Å²) in [5, 5.41) is 0. The third kappa shape index (κ3) is 7.83. The topological polar surface area (TPSA) is 18.5 Å². The second-order valence-corrected chi connectivity index (χ2v) is 10.3. The van der Waals surface area contributed by atoms with Gasteiger partial charge in [0.2, 0.25) is 0 Å². The standard InChI is InChI=1S/C34H38O2/c1-27(14-15-30-17-20-33(21-18-30)36-28(2)31-12-8-5-9-13-31)22-24-34(3)25-23-32(35-26-34)19-16-29-10-6-4-7-11-29/h4-13,16-21,32H,1-2,14-15,22-26H2,3H3/b19-16+. The lowest BCUT2D eigenvalue weighted by Crippen LogP contribution is -2.33. The molecule has 1 heterocycles. The summed E-state index contributed by atoms with van der Waals surface area (Å²) in [5.74, 6) is 1.48. The van der Waals surface area contributed by atoms with Gasteiger partial charge in [-0.15, -0.1) is 0 Å². The molecule has 2 heteroatoms. The predicted molar refractivity (Wildman–Crippen MR) is 152 cm³/mol. The molecule has 0 aromatic heterocycles. The van der Waals surface area contributed by atoms with Gasteiger partial charge >= 0.3 is 0 Å². The molecule has 1 saturated heterocycles. The van der Waals surface area contributed by atoms with Crippen molar-refractivity contribution in [2.45, 2.75) is 51.6 Å². The number of hydrogen-bond acceptors (Lipinski definition) is 2. The van der Waals surface area contributed by atoms with Crippen molar-refractivity contribution in [3.05, 3.63) is 126 Å². The Bertz CT molecular complexity index is 1130. The van der Waals surface area contributed by atoms with E-state index in [-0.39, 0.29) is 11.5 Å². The summed E-state index contributed by atoms with van der Waals surface area (Å²) >= 11 is 0. The summed E-state index contributed by atoms with van der Waals surface area (Å²) in [6.07, 6.45) is 11.1. The van der Waals surface area contributed by atoms with Gasteiger partial charge in [-0.3, -0.25) is 0 Å². The van der Waals surface area contributed by atoms with E-state index in [1.807, 2.05) is 48.5 Å². The van der Waals surface area contributed by atoms with Crippen LogP contribution in [0.3, 0.4) is 0 Å². The molecule has 1 fully saturated rings. The van der Waals surface area contributed by atoms with E-state index in [2.05, 4.69) is 68.6 Å². The Morgan fingerprint density at radius 3 is 2.31 bits per heavy atom. The van der Waals surface area contributed by atoms with Crippen LogP contribution >= 0.6 is 0 Å². The van der Waals surface area contributed by atoms with Gasteiger partial charge in [-0.2, -0.15) is 0 Å². The largest absolute Gasteiger partial charge is 0.457 e. The maximum absolute atomic E-state index is 6.21. The van der Waals surface area contributed by atoms with Crippen molar-refractivity contribution >= 4 is 11.8 Å². The highest BCUT2D eigenvalue weighted by atomic mass is 16.5. The minimum Gasteiger partial charge on any atom is -0.457 e. The Morgan fingerprint density at radius 1 is 0.944 bits per heavy atom. The minimum atomic E-state index is 0.221. The van der Waals surface area contributed by atoms with Gasteiger partial charge < -0.3 is 9.47 Å². The first kappa shape index (κ1) is 25.7. The van der Waals surface area contributed by atoms with Crippen molar-refractivity contribution < 1.29 is 9.47 Å². The van der Waals surface area contributed by atoms with E-state index < -0.39 is 0 Å².